The standard InChI is InChI=1S/C50H84O2S2/c1-5-9-13-17-21-23-27-31-35-41(33-29-25-19-15-11-7-3)37-43-39-45-47(51)48(52)46-40-44(54-50(46)49(45)53-43)38-42(34-30-26-20-16-12-8-4)36-32-28-24-22-18-14-10-6-2/h39-42H,5-38H2,1-4H3. The van der Waals surface area contributed by atoms with Gasteiger partial charge in [0, 0.05) is 20.9 Å². The second-order valence-electron chi connectivity index (χ2n) is 17.3. The van der Waals surface area contributed by atoms with Gasteiger partial charge in [-0.2, -0.15) is 0 Å². The Bertz CT molecular complexity index is 1160. The van der Waals surface area contributed by atoms with E-state index in [4.69, 9.17) is 0 Å². The number of hydrogen-bond acceptors (Lipinski definition) is 4. The highest BCUT2D eigenvalue weighted by atomic mass is 32.1. The molecule has 2 aromatic rings. The van der Waals surface area contributed by atoms with Crippen molar-refractivity contribution in [2.75, 3.05) is 0 Å². The van der Waals surface area contributed by atoms with Gasteiger partial charge in [0.05, 0.1) is 9.75 Å². The molecule has 1 aliphatic rings. The van der Waals surface area contributed by atoms with Crippen LogP contribution in [0.4, 0.5) is 0 Å². The zero-order chi connectivity index (χ0) is 38.6. The summed E-state index contributed by atoms with van der Waals surface area (Å²) in [4.78, 5) is 31.9. The van der Waals surface area contributed by atoms with Gasteiger partial charge in [-0.15, -0.1) is 22.7 Å². The quantitative estimate of drug-likeness (QED) is 0.0510. The maximum absolute atomic E-state index is 13.5. The number of fused-ring (bicyclic) bond motifs is 3. The van der Waals surface area contributed by atoms with Crippen molar-refractivity contribution in [3.05, 3.63) is 33.0 Å². The van der Waals surface area contributed by atoms with E-state index in [9.17, 15) is 9.59 Å². The van der Waals surface area contributed by atoms with E-state index in [1.54, 1.807) is 0 Å². The second-order valence-corrected chi connectivity index (χ2v) is 19.6. The summed E-state index contributed by atoms with van der Waals surface area (Å²) in [5.41, 5.74) is 1.41. The molecule has 0 fully saturated rings. The number of carbonyl (C=O) groups is 2. The topological polar surface area (TPSA) is 34.1 Å². The monoisotopic (exact) mass is 781 g/mol. The summed E-state index contributed by atoms with van der Waals surface area (Å²) < 4.78 is 0. The number of thiophene rings is 2. The highest BCUT2D eigenvalue weighted by Gasteiger charge is 2.35. The van der Waals surface area contributed by atoms with Crippen LogP contribution in [0.1, 0.15) is 264 Å². The molecule has 0 aromatic carbocycles. The molecule has 3 rings (SSSR count). The molecule has 0 N–H and O–H groups in total. The van der Waals surface area contributed by atoms with Crippen LogP contribution in [-0.4, -0.2) is 11.6 Å². The van der Waals surface area contributed by atoms with Gasteiger partial charge in [0.25, 0.3) is 0 Å². The second kappa shape index (κ2) is 29.9. The fraction of sp³-hybridized carbons (Fsp3) is 0.800. The lowest BCUT2D eigenvalue weighted by molar-refractivity contribution is 0.0816. The van der Waals surface area contributed by atoms with E-state index in [-0.39, 0.29) is 11.6 Å². The molecule has 54 heavy (non-hydrogen) atoms. The molecule has 308 valence electrons. The van der Waals surface area contributed by atoms with E-state index < -0.39 is 0 Å². The number of unbranched alkanes of at least 4 members (excludes halogenated alkanes) is 24. The Kier molecular flexibility index (Phi) is 26.1. The summed E-state index contributed by atoms with van der Waals surface area (Å²) in [7, 11) is 0. The molecule has 0 amide bonds. The van der Waals surface area contributed by atoms with Crippen molar-refractivity contribution in [2.24, 2.45) is 11.8 Å². The lowest BCUT2D eigenvalue weighted by Gasteiger charge is -2.16. The normalized spacial score (nSPS) is 13.8. The van der Waals surface area contributed by atoms with Crippen LogP contribution in [-0.2, 0) is 12.8 Å². The molecule has 2 atom stereocenters. The van der Waals surface area contributed by atoms with Gasteiger partial charge >= 0.3 is 0 Å². The molecule has 2 heterocycles. The minimum absolute atomic E-state index is 0.262. The molecule has 0 spiro atoms. The lowest BCUT2D eigenvalue weighted by atomic mass is 9.89. The van der Waals surface area contributed by atoms with Crippen molar-refractivity contribution in [3.63, 3.8) is 0 Å². The van der Waals surface area contributed by atoms with Crippen LogP contribution in [0.25, 0.3) is 9.75 Å². The van der Waals surface area contributed by atoms with Gasteiger partial charge in [0.15, 0.2) is 0 Å². The van der Waals surface area contributed by atoms with E-state index in [0.717, 1.165) is 22.6 Å². The molecule has 4 heteroatoms. The van der Waals surface area contributed by atoms with Gasteiger partial charge in [0.2, 0.25) is 11.6 Å². The Morgan fingerprint density at radius 1 is 0.370 bits per heavy atom. The predicted molar refractivity (Wildman–Crippen MR) is 241 cm³/mol. The number of rotatable bonds is 36. The molecule has 2 unspecified atom stereocenters. The van der Waals surface area contributed by atoms with Gasteiger partial charge in [-0.1, -0.05) is 233 Å². The zero-order valence-electron chi connectivity index (χ0n) is 36.0. The first-order chi connectivity index (χ1) is 26.5. The predicted octanol–water partition coefficient (Wildman–Crippen LogP) is 17.7. The van der Waals surface area contributed by atoms with E-state index >= 15 is 0 Å². The summed E-state index contributed by atoms with van der Waals surface area (Å²) in [6.45, 7) is 9.19. The molecule has 1 aliphatic carbocycles. The largest absolute Gasteiger partial charge is 0.285 e. The van der Waals surface area contributed by atoms with Gasteiger partial charge in [0.1, 0.15) is 0 Å². The lowest BCUT2D eigenvalue weighted by Crippen LogP contribution is -2.18. The van der Waals surface area contributed by atoms with E-state index in [0.29, 0.717) is 23.0 Å². The third kappa shape index (κ3) is 18.3. The summed E-state index contributed by atoms with van der Waals surface area (Å²) in [6.07, 6.45) is 45.4. The van der Waals surface area contributed by atoms with Crippen molar-refractivity contribution < 1.29 is 9.59 Å². The number of Topliss-reactive ketones (excluding diaryl/α,β-unsaturated/α-hetero) is 2. The average molecular weight is 781 g/mol. The molecule has 2 nitrogen and oxygen atoms in total. The molecule has 0 radical (unpaired) electrons. The van der Waals surface area contributed by atoms with Crippen LogP contribution < -0.4 is 0 Å². The molecular formula is C50H84O2S2. The Balaban J connectivity index is 1.65. The van der Waals surface area contributed by atoms with Gasteiger partial charge in [-0.25, -0.2) is 0 Å². The molecular weight excluding hydrogens is 697 g/mol. The maximum atomic E-state index is 13.5. The number of carbonyl (C=O) groups excluding carboxylic acids is 2. The minimum atomic E-state index is -0.262. The Morgan fingerprint density at radius 2 is 0.611 bits per heavy atom. The highest BCUT2D eigenvalue weighted by molar-refractivity contribution is 7.23. The molecule has 0 saturated heterocycles. The van der Waals surface area contributed by atoms with Crippen molar-refractivity contribution in [2.45, 2.75) is 246 Å². The molecule has 0 aliphatic heterocycles. The molecule has 0 bridgehead atoms. The van der Waals surface area contributed by atoms with E-state index in [1.807, 2.05) is 22.7 Å². The van der Waals surface area contributed by atoms with Crippen molar-refractivity contribution in [1.29, 1.82) is 0 Å². The number of hydrogen-bond donors (Lipinski definition) is 0. The van der Waals surface area contributed by atoms with Crippen molar-refractivity contribution in [3.8, 4) is 9.75 Å². The van der Waals surface area contributed by atoms with E-state index in [1.165, 1.54) is 215 Å². The fourth-order valence-electron chi connectivity index (χ4n) is 8.83. The Hall–Kier alpha value is -1.26. The maximum Gasteiger partial charge on any atom is 0.235 e. The number of ketones is 2. The van der Waals surface area contributed by atoms with Crippen LogP contribution in [0.2, 0.25) is 0 Å². The Morgan fingerprint density at radius 3 is 0.870 bits per heavy atom. The average Bonchev–Trinajstić information content (AvgIpc) is 3.80. The Labute approximate surface area is 342 Å². The van der Waals surface area contributed by atoms with Crippen LogP contribution in [0, 0.1) is 11.8 Å². The smallest absolute Gasteiger partial charge is 0.235 e. The first kappa shape index (κ1) is 47.1. The summed E-state index contributed by atoms with van der Waals surface area (Å²) in [5, 5.41) is 0. The summed E-state index contributed by atoms with van der Waals surface area (Å²) >= 11 is 3.67. The third-order valence-corrected chi connectivity index (χ3v) is 14.8. The van der Waals surface area contributed by atoms with E-state index in [2.05, 4.69) is 39.8 Å². The van der Waals surface area contributed by atoms with Crippen molar-refractivity contribution in [1.82, 2.24) is 0 Å². The van der Waals surface area contributed by atoms with Gasteiger partial charge in [-0.05, 0) is 36.8 Å². The fourth-order valence-corrected chi connectivity index (χ4v) is 11.5. The summed E-state index contributed by atoms with van der Waals surface area (Å²) in [6, 6.07) is 4.27. The van der Waals surface area contributed by atoms with Crippen LogP contribution >= 0.6 is 22.7 Å². The van der Waals surface area contributed by atoms with Gasteiger partial charge in [-0.3, -0.25) is 9.59 Å². The van der Waals surface area contributed by atoms with Crippen molar-refractivity contribution >= 4 is 34.2 Å². The van der Waals surface area contributed by atoms with Crippen LogP contribution in [0.15, 0.2) is 12.1 Å². The molecule has 2 aromatic heterocycles. The zero-order valence-corrected chi connectivity index (χ0v) is 37.6. The molecule has 0 saturated carbocycles. The van der Waals surface area contributed by atoms with Gasteiger partial charge < -0.3 is 0 Å². The van der Waals surface area contributed by atoms with Crippen LogP contribution in [0.3, 0.4) is 0 Å². The van der Waals surface area contributed by atoms with Crippen LogP contribution in [0.5, 0.6) is 0 Å². The first-order valence-electron chi connectivity index (χ1n) is 23.9. The highest BCUT2D eigenvalue weighted by Crippen LogP contribution is 2.45. The minimum Gasteiger partial charge on any atom is -0.285 e. The third-order valence-electron chi connectivity index (χ3n) is 12.3. The SMILES string of the molecule is CCCCCCCCCCC(CCCCCCCC)Cc1cc2c(s1)-c1sc(CC(CCCCCCCC)CCCCCCCCCC)cc1C(=O)C2=O. The first-order valence-corrected chi connectivity index (χ1v) is 25.5. The summed E-state index contributed by atoms with van der Waals surface area (Å²) in [5.74, 6) is 0.837.